The molecule has 0 aliphatic carbocycles. The number of urea groups is 1. The number of benzene rings is 2. The summed E-state index contributed by atoms with van der Waals surface area (Å²) in [6, 6.07) is 11.6. The van der Waals surface area contributed by atoms with E-state index in [0.29, 0.717) is 17.8 Å². The van der Waals surface area contributed by atoms with Crippen LogP contribution in [0, 0.1) is 19.7 Å². The van der Waals surface area contributed by atoms with Crippen molar-refractivity contribution in [1.82, 2.24) is 14.8 Å². The highest BCUT2D eigenvalue weighted by atomic mass is 19.1. The highest BCUT2D eigenvalue weighted by molar-refractivity contribution is 5.89. The van der Waals surface area contributed by atoms with Gasteiger partial charge in [-0.3, -0.25) is 9.69 Å². The lowest BCUT2D eigenvalue weighted by molar-refractivity contribution is 0.174. The third kappa shape index (κ3) is 5.25. The summed E-state index contributed by atoms with van der Waals surface area (Å²) in [6.45, 7) is 8.79. The number of likely N-dealkylation sites (N-methyl/N-ethyl adjacent to an activating group) is 1. The zero-order valence-electron chi connectivity index (χ0n) is 19.5. The lowest BCUT2D eigenvalue weighted by atomic mass is 10.0. The van der Waals surface area contributed by atoms with Crippen molar-refractivity contribution in [2.24, 2.45) is 0 Å². The minimum Gasteiger partial charge on any atom is -0.321 e. The van der Waals surface area contributed by atoms with Gasteiger partial charge >= 0.3 is 6.03 Å². The average molecular weight is 451 g/mol. The number of anilines is 1. The Labute approximate surface area is 193 Å². The number of H-pyrrole nitrogens is 1. The topological polar surface area (TPSA) is 68.4 Å². The maximum absolute atomic E-state index is 13.3. The number of pyridine rings is 1. The fourth-order valence-electron chi connectivity index (χ4n) is 4.78. The maximum Gasteiger partial charge on any atom is 0.322 e. The first kappa shape index (κ1) is 23.0. The summed E-state index contributed by atoms with van der Waals surface area (Å²) in [7, 11) is 0. The van der Waals surface area contributed by atoms with Crippen LogP contribution in [0.25, 0.3) is 10.9 Å². The molecule has 6 nitrogen and oxygen atoms in total. The summed E-state index contributed by atoms with van der Waals surface area (Å²) in [4.78, 5) is 33.2. The largest absolute Gasteiger partial charge is 0.322 e. The van der Waals surface area contributed by atoms with Crippen LogP contribution in [0.1, 0.15) is 36.5 Å². The summed E-state index contributed by atoms with van der Waals surface area (Å²) in [5, 5.41) is 3.82. The van der Waals surface area contributed by atoms with E-state index in [-0.39, 0.29) is 30.0 Å². The second-order valence-corrected chi connectivity index (χ2v) is 8.91. The fraction of sp³-hybridized carbons (Fsp3) is 0.385. The molecule has 0 radical (unpaired) electrons. The smallest absolute Gasteiger partial charge is 0.321 e. The van der Waals surface area contributed by atoms with Crippen LogP contribution < -0.4 is 10.9 Å². The summed E-state index contributed by atoms with van der Waals surface area (Å²) >= 11 is 0. The minimum atomic E-state index is -0.359. The molecule has 0 bridgehead atoms. The third-order valence-electron chi connectivity index (χ3n) is 6.45. The molecule has 1 atom stereocenters. The van der Waals surface area contributed by atoms with E-state index in [4.69, 9.17) is 0 Å². The Bertz CT molecular complexity index is 1210. The number of aromatic nitrogens is 1. The first-order chi connectivity index (χ1) is 15.8. The number of aromatic amines is 1. The second-order valence-electron chi connectivity index (χ2n) is 8.91. The van der Waals surface area contributed by atoms with Crippen molar-refractivity contribution in [2.75, 3.05) is 25.0 Å². The molecule has 174 valence electrons. The molecule has 0 saturated carbocycles. The third-order valence-corrected chi connectivity index (χ3v) is 6.45. The van der Waals surface area contributed by atoms with E-state index in [1.54, 1.807) is 4.90 Å². The summed E-state index contributed by atoms with van der Waals surface area (Å²) in [5.74, 6) is -0.359. The molecule has 33 heavy (non-hydrogen) atoms. The molecule has 2 N–H and O–H groups in total. The van der Waals surface area contributed by atoms with Crippen molar-refractivity contribution in [3.8, 4) is 0 Å². The Morgan fingerprint density at radius 1 is 1.21 bits per heavy atom. The lowest BCUT2D eigenvalue weighted by Crippen LogP contribution is -2.45. The normalized spacial score (nSPS) is 16.3. The number of halogens is 1. The van der Waals surface area contributed by atoms with E-state index in [2.05, 4.69) is 22.1 Å². The predicted molar refractivity (Wildman–Crippen MR) is 130 cm³/mol. The van der Waals surface area contributed by atoms with E-state index in [0.717, 1.165) is 48.0 Å². The van der Waals surface area contributed by atoms with Crippen LogP contribution in [0.2, 0.25) is 0 Å². The molecule has 0 spiro atoms. The number of hydrogen-bond donors (Lipinski definition) is 2. The molecule has 1 unspecified atom stereocenters. The first-order valence-corrected chi connectivity index (χ1v) is 11.5. The molecule has 4 rings (SSSR count). The molecule has 2 heterocycles. The van der Waals surface area contributed by atoms with Crippen LogP contribution in [-0.2, 0) is 6.54 Å². The van der Waals surface area contributed by atoms with E-state index >= 15 is 0 Å². The molecule has 2 amide bonds. The summed E-state index contributed by atoms with van der Waals surface area (Å²) in [5.41, 5.74) is 3.83. The number of aryl methyl sites for hydroxylation is 2. The number of carbonyl (C=O) groups is 1. The van der Waals surface area contributed by atoms with Gasteiger partial charge in [0.05, 0.1) is 12.1 Å². The Hall–Kier alpha value is -3.19. The van der Waals surface area contributed by atoms with Gasteiger partial charge in [0.1, 0.15) is 5.82 Å². The molecule has 1 aromatic heterocycles. The molecule has 3 aromatic rings. The number of amides is 2. The highest BCUT2D eigenvalue weighted by Gasteiger charge is 2.28. The van der Waals surface area contributed by atoms with Gasteiger partial charge in [0, 0.05) is 23.8 Å². The number of rotatable bonds is 6. The predicted octanol–water partition coefficient (Wildman–Crippen LogP) is 4.80. The quantitative estimate of drug-likeness (QED) is 0.567. The van der Waals surface area contributed by atoms with E-state index in [1.807, 2.05) is 32.0 Å². The van der Waals surface area contributed by atoms with Crippen molar-refractivity contribution >= 4 is 22.6 Å². The molecular formula is C26H31FN4O2. The van der Waals surface area contributed by atoms with E-state index < -0.39 is 0 Å². The standard InChI is InChI=1S/C26H31FN4O2/c1-4-30-11-5-6-23(30)16-31(26(33)28-22-9-7-21(27)8-10-22)15-20-14-19-13-17(2)12-18(3)24(19)29-25(20)32/h7-10,12-14,23H,4-6,11,15-16H2,1-3H3,(H,28,33)(H,29,32). The highest BCUT2D eigenvalue weighted by Crippen LogP contribution is 2.21. The zero-order chi connectivity index (χ0) is 23.5. The van der Waals surface area contributed by atoms with Crippen molar-refractivity contribution < 1.29 is 9.18 Å². The van der Waals surface area contributed by atoms with Crippen LogP contribution in [0.4, 0.5) is 14.9 Å². The molecule has 7 heteroatoms. The number of likely N-dealkylation sites (tertiary alicyclic amines) is 1. The van der Waals surface area contributed by atoms with Gasteiger partial charge in [0.25, 0.3) is 5.56 Å². The van der Waals surface area contributed by atoms with Crippen molar-refractivity contribution in [3.05, 3.63) is 75.3 Å². The zero-order valence-corrected chi connectivity index (χ0v) is 19.5. The van der Waals surface area contributed by atoms with Gasteiger partial charge in [0.2, 0.25) is 0 Å². The Kier molecular flexibility index (Phi) is 6.79. The van der Waals surface area contributed by atoms with Gasteiger partial charge in [0.15, 0.2) is 0 Å². The number of nitrogens with one attached hydrogen (secondary N) is 2. The molecular weight excluding hydrogens is 419 g/mol. The summed E-state index contributed by atoms with van der Waals surface area (Å²) in [6.07, 6.45) is 2.11. The van der Waals surface area contributed by atoms with Crippen LogP contribution in [0.3, 0.4) is 0 Å². The van der Waals surface area contributed by atoms with Crippen LogP contribution in [-0.4, -0.2) is 46.5 Å². The Morgan fingerprint density at radius 3 is 2.70 bits per heavy atom. The van der Waals surface area contributed by atoms with Crippen LogP contribution in [0.15, 0.2) is 47.3 Å². The van der Waals surface area contributed by atoms with Crippen molar-refractivity contribution in [2.45, 2.75) is 46.2 Å². The van der Waals surface area contributed by atoms with Gasteiger partial charge in [-0.05, 0) is 87.1 Å². The van der Waals surface area contributed by atoms with Crippen LogP contribution in [0.5, 0.6) is 0 Å². The average Bonchev–Trinajstić information content (AvgIpc) is 3.23. The maximum atomic E-state index is 13.3. The van der Waals surface area contributed by atoms with Gasteiger partial charge in [-0.15, -0.1) is 0 Å². The number of carbonyl (C=O) groups excluding carboxylic acids is 1. The molecule has 1 fully saturated rings. The van der Waals surface area contributed by atoms with Gasteiger partial charge in [-0.1, -0.05) is 18.6 Å². The lowest BCUT2D eigenvalue weighted by Gasteiger charge is -2.30. The summed E-state index contributed by atoms with van der Waals surface area (Å²) < 4.78 is 13.3. The molecule has 2 aromatic carbocycles. The van der Waals surface area contributed by atoms with Crippen LogP contribution >= 0.6 is 0 Å². The van der Waals surface area contributed by atoms with Gasteiger partial charge in [-0.2, -0.15) is 0 Å². The fourth-order valence-corrected chi connectivity index (χ4v) is 4.78. The number of hydrogen-bond acceptors (Lipinski definition) is 3. The molecule has 1 aliphatic heterocycles. The number of nitrogens with zero attached hydrogens (tertiary/aromatic N) is 2. The Balaban J connectivity index is 1.63. The SMILES string of the molecule is CCN1CCCC1CN(Cc1cc2cc(C)cc(C)c2[nH]c1=O)C(=O)Nc1ccc(F)cc1. The van der Waals surface area contributed by atoms with E-state index in [1.165, 1.54) is 24.3 Å². The van der Waals surface area contributed by atoms with Gasteiger partial charge in [-0.25, -0.2) is 9.18 Å². The molecule has 1 saturated heterocycles. The first-order valence-electron chi connectivity index (χ1n) is 11.5. The monoisotopic (exact) mass is 450 g/mol. The Morgan fingerprint density at radius 2 is 1.97 bits per heavy atom. The van der Waals surface area contributed by atoms with E-state index in [9.17, 15) is 14.0 Å². The van der Waals surface area contributed by atoms with Crippen molar-refractivity contribution in [1.29, 1.82) is 0 Å². The number of fused-ring (bicyclic) bond motifs is 1. The minimum absolute atomic E-state index is 0.187. The van der Waals surface area contributed by atoms with Gasteiger partial charge < -0.3 is 15.2 Å². The molecule has 1 aliphatic rings. The second kappa shape index (κ2) is 9.75. The van der Waals surface area contributed by atoms with Crippen molar-refractivity contribution in [3.63, 3.8) is 0 Å².